The van der Waals surface area contributed by atoms with Gasteiger partial charge in [-0.3, -0.25) is 10.1 Å². The van der Waals surface area contributed by atoms with Crippen LogP contribution in [0.1, 0.15) is 19.8 Å². The lowest BCUT2D eigenvalue weighted by atomic mass is 10.1. The largest absolute Gasteiger partial charge is 0.377 e. The van der Waals surface area contributed by atoms with Gasteiger partial charge in [-0.2, -0.15) is 0 Å². The van der Waals surface area contributed by atoms with Crippen molar-refractivity contribution in [3.63, 3.8) is 0 Å². The van der Waals surface area contributed by atoms with Crippen molar-refractivity contribution in [2.24, 2.45) is 0 Å². The van der Waals surface area contributed by atoms with Gasteiger partial charge in [-0.1, -0.05) is 15.9 Å². The van der Waals surface area contributed by atoms with Crippen LogP contribution in [0.2, 0.25) is 0 Å². The molecule has 0 saturated carbocycles. The fourth-order valence-corrected chi connectivity index (χ4v) is 2.79. The smallest absolute Gasteiger partial charge is 0.293 e. The fraction of sp³-hybridized carbons (Fsp3) is 0.538. The molecule has 0 amide bonds. The molecule has 6 heteroatoms. The summed E-state index contributed by atoms with van der Waals surface area (Å²) in [5, 5.41) is 11.2. The summed E-state index contributed by atoms with van der Waals surface area (Å²) >= 11 is 3.28. The van der Waals surface area contributed by atoms with Crippen LogP contribution in [0, 0.1) is 10.1 Å². The van der Waals surface area contributed by atoms with E-state index in [1.54, 1.807) is 12.1 Å². The molecular formula is C13H17BrN2O3. The highest BCUT2D eigenvalue weighted by atomic mass is 79.9. The summed E-state index contributed by atoms with van der Waals surface area (Å²) in [7, 11) is 0. The second kappa shape index (κ2) is 6.34. The van der Waals surface area contributed by atoms with Crippen molar-refractivity contribution >= 4 is 27.3 Å². The lowest BCUT2D eigenvalue weighted by Crippen LogP contribution is -2.40. The summed E-state index contributed by atoms with van der Waals surface area (Å²) in [5.41, 5.74) is 0.823. The molecule has 1 aliphatic heterocycles. The normalized spacial score (nSPS) is 19.5. The molecule has 1 saturated heterocycles. The summed E-state index contributed by atoms with van der Waals surface area (Å²) in [5.74, 6) is 0. The van der Waals surface area contributed by atoms with Crippen LogP contribution >= 0.6 is 15.9 Å². The Morgan fingerprint density at radius 2 is 2.37 bits per heavy atom. The summed E-state index contributed by atoms with van der Waals surface area (Å²) < 4.78 is 6.36. The Kier molecular flexibility index (Phi) is 4.76. The molecule has 0 N–H and O–H groups in total. The zero-order chi connectivity index (χ0) is 13.8. The van der Waals surface area contributed by atoms with Crippen molar-refractivity contribution in [1.82, 2.24) is 0 Å². The molecule has 0 spiro atoms. The second-order valence-corrected chi connectivity index (χ2v) is 5.47. The van der Waals surface area contributed by atoms with Gasteiger partial charge in [0.2, 0.25) is 0 Å². The van der Waals surface area contributed by atoms with Crippen LogP contribution in [0.15, 0.2) is 22.7 Å². The van der Waals surface area contributed by atoms with Gasteiger partial charge in [0.25, 0.3) is 5.69 Å². The number of halogens is 1. The number of benzene rings is 1. The highest BCUT2D eigenvalue weighted by Gasteiger charge is 2.25. The van der Waals surface area contributed by atoms with Crippen LogP contribution in [-0.4, -0.2) is 30.7 Å². The Morgan fingerprint density at radius 3 is 3.05 bits per heavy atom. The number of nitro benzene ring substituents is 1. The third kappa shape index (κ3) is 3.45. The van der Waals surface area contributed by atoms with Crippen LogP contribution in [0.4, 0.5) is 11.4 Å². The third-order valence-corrected chi connectivity index (χ3v) is 3.75. The van der Waals surface area contributed by atoms with Gasteiger partial charge in [0.1, 0.15) is 5.69 Å². The van der Waals surface area contributed by atoms with E-state index >= 15 is 0 Å². The molecule has 1 fully saturated rings. The first kappa shape index (κ1) is 14.3. The van der Waals surface area contributed by atoms with E-state index < -0.39 is 0 Å². The predicted molar refractivity (Wildman–Crippen MR) is 77.7 cm³/mol. The Hall–Kier alpha value is -1.14. The molecule has 1 aliphatic rings. The molecule has 1 atom stereocenters. The SMILES string of the molecule is CCOC1CCCN(c2ccc(Br)cc2[N+](=O)[O-])C1. The molecule has 104 valence electrons. The lowest BCUT2D eigenvalue weighted by Gasteiger charge is -2.33. The first-order chi connectivity index (χ1) is 9.11. The van der Waals surface area contributed by atoms with Crippen molar-refractivity contribution in [3.05, 3.63) is 32.8 Å². The predicted octanol–water partition coefficient (Wildman–Crippen LogP) is 3.36. The first-order valence-corrected chi connectivity index (χ1v) is 7.21. The molecule has 1 unspecified atom stereocenters. The average molecular weight is 329 g/mol. The molecule has 1 aromatic carbocycles. The maximum atomic E-state index is 11.2. The molecule has 2 rings (SSSR count). The van der Waals surface area contributed by atoms with Crippen LogP contribution in [-0.2, 0) is 4.74 Å². The Bertz CT molecular complexity index is 465. The lowest BCUT2D eigenvalue weighted by molar-refractivity contribution is -0.384. The molecular weight excluding hydrogens is 312 g/mol. The Labute approximate surface area is 120 Å². The van der Waals surface area contributed by atoms with Gasteiger partial charge < -0.3 is 9.64 Å². The van der Waals surface area contributed by atoms with E-state index in [4.69, 9.17) is 4.74 Å². The van der Waals surface area contributed by atoms with Crippen molar-refractivity contribution in [3.8, 4) is 0 Å². The first-order valence-electron chi connectivity index (χ1n) is 6.42. The van der Waals surface area contributed by atoms with Crippen molar-refractivity contribution in [2.75, 3.05) is 24.6 Å². The zero-order valence-corrected chi connectivity index (χ0v) is 12.4. The molecule has 0 aromatic heterocycles. The molecule has 0 aliphatic carbocycles. The molecule has 1 heterocycles. The van der Waals surface area contributed by atoms with Gasteiger partial charge in [-0.05, 0) is 31.9 Å². The van der Waals surface area contributed by atoms with Crippen LogP contribution < -0.4 is 4.90 Å². The highest BCUT2D eigenvalue weighted by Crippen LogP contribution is 2.33. The molecule has 1 aromatic rings. The molecule has 19 heavy (non-hydrogen) atoms. The quantitative estimate of drug-likeness (QED) is 0.628. The number of hydrogen-bond donors (Lipinski definition) is 0. The molecule has 0 radical (unpaired) electrons. The van der Waals surface area contributed by atoms with Crippen LogP contribution in [0.25, 0.3) is 0 Å². The molecule has 0 bridgehead atoms. The van der Waals surface area contributed by atoms with E-state index in [1.165, 1.54) is 0 Å². The maximum Gasteiger partial charge on any atom is 0.293 e. The van der Waals surface area contributed by atoms with Crippen molar-refractivity contribution in [2.45, 2.75) is 25.9 Å². The van der Waals surface area contributed by atoms with Crippen LogP contribution in [0.5, 0.6) is 0 Å². The van der Waals surface area contributed by atoms with Crippen molar-refractivity contribution in [1.29, 1.82) is 0 Å². The van der Waals surface area contributed by atoms with Crippen molar-refractivity contribution < 1.29 is 9.66 Å². The third-order valence-electron chi connectivity index (χ3n) is 3.26. The Balaban J connectivity index is 2.23. The highest BCUT2D eigenvalue weighted by molar-refractivity contribution is 9.10. The maximum absolute atomic E-state index is 11.2. The van der Waals surface area contributed by atoms with Crippen LogP contribution in [0.3, 0.4) is 0 Å². The summed E-state index contributed by atoms with van der Waals surface area (Å²) in [6, 6.07) is 5.20. The fourth-order valence-electron chi connectivity index (χ4n) is 2.44. The van der Waals surface area contributed by atoms with Gasteiger partial charge in [0.15, 0.2) is 0 Å². The number of hydrogen-bond acceptors (Lipinski definition) is 4. The monoisotopic (exact) mass is 328 g/mol. The summed E-state index contributed by atoms with van der Waals surface area (Å²) in [6.07, 6.45) is 2.19. The van der Waals surface area contributed by atoms with Gasteiger partial charge in [0.05, 0.1) is 11.0 Å². The molecule has 5 nitrogen and oxygen atoms in total. The topological polar surface area (TPSA) is 55.6 Å². The summed E-state index contributed by atoms with van der Waals surface area (Å²) in [4.78, 5) is 12.9. The second-order valence-electron chi connectivity index (χ2n) is 4.56. The van der Waals surface area contributed by atoms with E-state index in [2.05, 4.69) is 20.8 Å². The van der Waals surface area contributed by atoms with Gasteiger partial charge in [-0.15, -0.1) is 0 Å². The van der Waals surface area contributed by atoms with Gasteiger partial charge in [0, 0.05) is 30.2 Å². The number of rotatable bonds is 4. The van der Waals surface area contributed by atoms with E-state index in [9.17, 15) is 10.1 Å². The number of anilines is 1. The summed E-state index contributed by atoms with van der Waals surface area (Å²) in [6.45, 7) is 4.21. The minimum atomic E-state index is -0.329. The Morgan fingerprint density at radius 1 is 1.58 bits per heavy atom. The minimum absolute atomic E-state index is 0.145. The average Bonchev–Trinajstić information content (AvgIpc) is 2.39. The van der Waals surface area contributed by atoms with Gasteiger partial charge >= 0.3 is 0 Å². The number of nitrogens with zero attached hydrogens (tertiary/aromatic N) is 2. The van der Waals surface area contributed by atoms with E-state index in [0.29, 0.717) is 12.3 Å². The minimum Gasteiger partial charge on any atom is -0.377 e. The van der Waals surface area contributed by atoms with Gasteiger partial charge in [-0.25, -0.2) is 0 Å². The standard InChI is InChI=1S/C13H17BrN2O3/c1-2-19-11-4-3-7-15(9-11)12-6-5-10(14)8-13(12)16(17)18/h5-6,8,11H,2-4,7,9H2,1H3. The number of nitro groups is 1. The van der Waals surface area contributed by atoms with E-state index in [0.717, 1.165) is 30.4 Å². The van der Waals surface area contributed by atoms with E-state index in [1.807, 2.05) is 13.0 Å². The number of ether oxygens (including phenoxy) is 1. The zero-order valence-electron chi connectivity index (χ0n) is 10.8. The number of piperidine rings is 1. The van der Waals surface area contributed by atoms with E-state index in [-0.39, 0.29) is 16.7 Å².